The number of hydrogen-bond acceptors (Lipinski definition) is 3. The predicted octanol–water partition coefficient (Wildman–Crippen LogP) is 3.51. The van der Waals surface area contributed by atoms with Gasteiger partial charge in [0.05, 0.1) is 20.5 Å². The Morgan fingerprint density at radius 3 is 2.70 bits per heavy atom. The summed E-state index contributed by atoms with van der Waals surface area (Å²) in [6.07, 6.45) is 3.15. The number of fused-ring (bicyclic) bond motifs is 3. The van der Waals surface area contributed by atoms with Crippen molar-refractivity contribution in [2.75, 3.05) is 14.2 Å². The van der Waals surface area contributed by atoms with Gasteiger partial charge in [0.1, 0.15) is 5.75 Å². The molecular weight excluding hydrogens is 252 g/mol. The summed E-state index contributed by atoms with van der Waals surface area (Å²) in [4.78, 5) is 12.4. The molecule has 0 saturated heterocycles. The van der Waals surface area contributed by atoms with Crippen LogP contribution in [0.15, 0.2) is 42.2 Å². The lowest BCUT2D eigenvalue weighted by atomic mass is 9.84. The normalized spacial score (nSPS) is 16.3. The average Bonchev–Trinajstić information content (AvgIpc) is 2.49. The van der Waals surface area contributed by atoms with Gasteiger partial charge in [-0.25, -0.2) is 0 Å². The lowest BCUT2D eigenvalue weighted by Crippen LogP contribution is -2.14. The first-order chi connectivity index (χ1) is 9.74. The number of aryl methyl sites for hydroxylation is 1. The van der Waals surface area contributed by atoms with Crippen LogP contribution < -0.4 is 4.74 Å². The number of Topliss-reactive ketones (excluding diaryl/α,β-unsaturated/α-hetero) is 1. The molecule has 3 heteroatoms. The van der Waals surface area contributed by atoms with E-state index in [9.17, 15) is 4.79 Å². The Balaban J connectivity index is 2.16. The number of benzene rings is 2. The van der Waals surface area contributed by atoms with Gasteiger partial charge in [0.15, 0.2) is 5.78 Å². The van der Waals surface area contributed by atoms with E-state index in [0.29, 0.717) is 0 Å². The van der Waals surface area contributed by atoms with Gasteiger partial charge in [-0.15, -0.1) is 0 Å². The Morgan fingerprint density at radius 2 is 1.95 bits per heavy atom. The lowest BCUT2D eigenvalue weighted by Gasteiger charge is -2.19. The molecule has 2 aromatic rings. The van der Waals surface area contributed by atoms with Crippen LogP contribution in [0, 0.1) is 0 Å². The molecule has 0 bridgehead atoms. The van der Waals surface area contributed by atoms with Crippen LogP contribution in [0.25, 0.3) is 10.8 Å². The van der Waals surface area contributed by atoms with E-state index in [-0.39, 0.29) is 5.78 Å². The van der Waals surface area contributed by atoms with Gasteiger partial charge in [-0.2, -0.15) is 0 Å². The Hall–Kier alpha value is -2.29. The molecule has 0 saturated carbocycles. The molecule has 0 aliphatic heterocycles. The molecule has 0 spiro atoms. The highest BCUT2D eigenvalue weighted by Gasteiger charge is 2.23. The molecule has 20 heavy (non-hydrogen) atoms. The maximum Gasteiger partial charge on any atom is 0.192 e. The smallest absolute Gasteiger partial charge is 0.192 e. The summed E-state index contributed by atoms with van der Waals surface area (Å²) >= 11 is 0. The van der Waals surface area contributed by atoms with Gasteiger partial charge in [0, 0.05) is 11.1 Å². The Labute approximate surface area is 117 Å². The summed E-state index contributed by atoms with van der Waals surface area (Å²) in [6, 6.07) is 9.85. The quantitative estimate of drug-likeness (QED) is 0.617. The van der Waals surface area contributed by atoms with Crippen molar-refractivity contribution in [2.45, 2.75) is 12.8 Å². The summed E-state index contributed by atoms with van der Waals surface area (Å²) in [7, 11) is 3.23. The summed E-state index contributed by atoms with van der Waals surface area (Å²) in [5, 5.41) is 2.24. The topological polar surface area (TPSA) is 35.5 Å². The van der Waals surface area contributed by atoms with E-state index in [4.69, 9.17) is 9.47 Å². The van der Waals surface area contributed by atoms with E-state index < -0.39 is 0 Å². The number of ketones is 1. The zero-order valence-electron chi connectivity index (χ0n) is 11.6. The van der Waals surface area contributed by atoms with Crippen molar-refractivity contribution in [2.24, 2.45) is 0 Å². The van der Waals surface area contributed by atoms with Gasteiger partial charge in [-0.3, -0.25) is 4.79 Å². The van der Waals surface area contributed by atoms with Crippen LogP contribution in [-0.2, 0) is 11.2 Å². The first kappa shape index (κ1) is 12.7. The van der Waals surface area contributed by atoms with E-state index in [1.807, 2.05) is 30.3 Å². The molecular formula is C17H16O3. The largest absolute Gasteiger partial charge is 0.504 e. The zero-order chi connectivity index (χ0) is 14.1. The fourth-order valence-electron chi connectivity index (χ4n) is 2.78. The third kappa shape index (κ3) is 1.95. The second-order valence-electron chi connectivity index (χ2n) is 4.89. The first-order valence-electron chi connectivity index (χ1n) is 6.60. The molecule has 0 radical (unpaired) electrons. The molecule has 2 aromatic carbocycles. The number of rotatable bonds is 2. The third-order valence-electron chi connectivity index (χ3n) is 3.78. The summed E-state index contributed by atoms with van der Waals surface area (Å²) < 4.78 is 10.2. The fraction of sp³-hybridized carbons (Fsp3) is 0.235. The monoisotopic (exact) mass is 268 g/mol. The maximum atomic E-state index is 12.4. The Morgan fingerprint density at radius 1 is 1.10 bits per heavy atom. The van der Waals surface area contributed by atoms with Gasteiger partial charge in [-0.05, 0) is 41.3 Å². The lowest BCUT2D eigenvalue weighted by molar-refractivity contribution is 0.102. The van der Waals surface area contributed by atoms with E-state index in [2.05, 4.69) is 0 Å². The van der Waals surface area contributed by atoms with Crippen LogP contribution in [0.3, 0.4) is 0 Å². The second-order valence-corrected chi connectivity index (χ2v) is 4.89. The van der Waals surface area contributed by atoms with E-state index in [0.717, 1.165) is 46.1 Å². The molecule has 0 atom stereocenters. The van der Waals surface area contributed by atoms with Crippen LogP contribution in [0.1, 0.15) is 22.3 Å². The van der Waals surface area contributed by atoms with Crippen LogP contribution in [-0.4, -0.2) is 20.0 Å². The van der Waals surface area contributed by atoms with Gasteiger partial charge in [-0.1, -0.05) is 18.2 Å². The third-order valence-corrected chi connectivity index (χ3v) is 3.78. The maximum absolute atomic E-state index is 12.4. The van der Waals surface area contributed by atoms with Crippen LogP contribution in [0.2, 0.25) is 0 Å². The van der Waals surface area contributed by atoms with Crippen molar-refractivity contribution in [3.63, 3.8) is 0 Å². The molecule has 0 amide bonds. The van der Waals surface area contributed by atoms with Gasteiger partial charge < -0.3 is 9.47 Å². The van der Waals surface area contributed by atoms with Crippen molar-refractivity contribution in [3.05, 3.63) is 53.3 Å². The van der Waals surface area contributed by atoms with Crippen molar-refractivity contribution < 1.29 is 14.3 Å². The summed E-state index contributed by atoms with van der Waals surface area (Å²) in [6.45, 7) is 0. The Bertz CT molecular complexity index is 713. The van der Waals surface area contributed by atoms with Crippen molar-refractivity contribution in [1.29, 1.82) is 0 Å². The van der Waals surface area contributed by atoms with Gasteiger partial charge in [0.25, 0.3) is 0 Å². The number of allylic oxidation sites excluding steroid dienone is 1. The molecule has 0 N–H and O–H groups in total. The predicted molar refractivity (Wildman–Crippen MR) is 78.2 cm³/mol. The number of carbonyl (C=O) groups is 1. The molecule has 3 nitrogen and oxygen atoms in total. The van der Waals surface area contributed by atoms with Crippen molar-refractivity contribution in [1.82, 2.24) is 0 Å². The van der Waals surface area contributed by atoms with Gasteiger partial charge in [0.2, 0.25) is 0 Å². The van der Waals surface area contributed by atoms with E-state index in [1.165, 1.54) is 0 Å². The molecule has 0 heterocycles. The minimum atomic E-state index is 0.0748. The van der Waals surface area contributed by atoms with E-state index >= 15 is 0 Å². The molecule has 102 valence electrons. The van der Waals surface area contributed by atoms with E-state index in [1.54, 1.807) is 20.5 Å². The highest BCUT2D eigenvalue weighted by atomic mass is 16.5. The molecule has 1 aliphatic rings. The van der Waals surface area contributed by atoms with Crippen LogP contribution >= 0.6 is 0 Å². The number of carbonyl (C=O) groups excluding carboxylic acids is 1. The highest BCUT2D eigenvalue weighted by Crippen LogP contribution is 2.32. The molecule has 1 aliphatic carbocycles. The second kappa shape index (κ2) is 5.00. The number of ether oxygens (including phenoxy) is 2. The molecule has 0 aromatic heterocycles. The zero-order valence-corrected chi connectivity index (χ0v) is 11.6. The van der Waals surface area contributed by atoms with Crippen molar-refractivity contribution >= 4 is 16.6 Å². The minimum absolute atomic E-state index is 0.0748. The summed E-state index contributed by atoms with van der Waals surface area (Å²) in [5.41, 5.74) is 2.66. The number of hydrogen-bond donors (Lipinski definition) is 0. The Kier molecular flexibility index (Phi) is 3.18. The number of methoxy groups -OCH3 is 2. The van der Waals surface area contributed by atoms with Crippen molar-refractivity contribution in [3.8, 4) is 5.75 Å². The van der Waals surface area contributed by atoms with Crippen LogP contribution in [0.5, 0.6) is 5.75 Å². The average molecular weight is 268 g/mol. The minimum Gasteiger partial charge on any atom is -0.504 e. The molecule has 3 rings (SSSR count). The summed E-state index contributed by atoms with van der Waals surface area (Å²) in [5.74, 6) is 0.908. The SMILES string of the molecule is CO/C=C1\CCc2c(ccc3cc(OC)ccc23)C1=O. The first-order valence-corrected chi connectivity index (χ1v) is 6.60. The van der Waals surface area contributed by atoms with Gasteiger partial charge >= 0.3 is 0 Å². The highest BCUT2D eigenvalue weighted by molar-refractivity contribution is 6.13. The standard InChI is InChI=1S/C17H16O3/c1-19-10-12-4-6-15-14-8-5-13(20-2)9-11(14)3-7-16(15)17(12)18/h3,5,7-10H,4,6H2,1-2H3/b12-10+. The molecule has 0 fully saturated rings. The molecule has 0 unspecified atom stereocenters. The van der Waals surface area contributed by atoms with Crippen LogP contribution in [0.4, 0.5) is 0 Å². The fourth-order valence-corrected chi connectivity index (χ4v) is 2.78.